The summed E-state index contributed by atoms with van der Waals surface area (Å²) in [6.07, 6.45) is 4.05. The van der Waals surface area contributed by atoms with Crippen LogP contribution in [-0.2, 0) is 0 Å². The van der Waals surface area contributed by atoms with Crippen molar-refractivity contribution in [3.8, 4) is 5.75 Å². The van der Waals surface area contributed by atoms with Crippen LogP contribution in [0.25, 0.3) is 6.08 Å². The molecule has 0 aliphatic heterocycles. The van der Waals surface area contributed by atoms with Gasteiger partial charge >= 0.3 is 0 Å². The fourth-order valence-corrected chi connectivity index (χ4v) is 1.36. The molecule has 0 amide bonds. The third kappa shape index (κ3) is 3.28. The van der Waals surface area contributed by atoms with Crippen LogP contribution in [0.4, 0.5) is 0 Å². The minimum atomic E-state index is 0.576. The highest BCUT2D eigenvalue weighted by Crippen LogP contribution is 2.08. The van der Waals surface area contributed by atoms with E-state index in [0.29, 0.717) is 6.61 Å². The molecule has 0 fully saturated rings. The van der Waals surface area contributed by atoms with Gasteiger partial charge in [-0.15, -0.1) is 0 Å². The molecule has 2 rings (SSSR count). The average molecular weight is 209 g/mol. The molecular weight excluding hydrogens is 196 g/mol. The van der Waals surface area contributed by atoms with Crippen LogP contribution in [-0.4, -0.2) is 6.61 Å². The maximum Gasteiger partial charge on any atom is 0.120 e. The summed E-state index contributed by atoms with van der Waals surface area (Å²) >= 11 is 0. The van der Waals surface area contributed by atoms with Crippen molar-refractivity contribution in [1.29, 1.82) is 0 Å². The highest BCUT2D eigenvalue weighted by Gasteiger charge is 1.87. The van der Waals surface area contributed by atoms with Crippen molar-refractivity contribution in [2.45, 2.75) is 0 Å². The summed E-state index contributed by atoms with van der Waals surface area (Å²) in [6.45, 7) is 0.576. The largest absolute Gasteiger partial charge is 0.490 e. The molecule has 1 radical (unpaired) electrons. The monoisotopic (exact) mass is 209 g/mol. The molecule has 0 unspecified atom stereocenters. The normalized spacial score (nSPS) is 10.5. The number of rotatable bonds is 4. The van der Waals surface area contributed by atoms with Gasteiger partial charge in [0.15, 0.2) is 0 Å². The number of hydrogen-bond donors (Lipinski definition) is 0. The molecule has 2 aromatic carbocycles. The quantitative estimate of drug-likeness (QED) is 0.747. The van der Waals surface area contributed by atoms with Gasteiger partial charge in [0, 0.05) is 0 Å². The van der Waals surface area contributed by atoms with Crippen molar-refractivity contribution in [3.63, 3.8) is 0 Å². The van der Waals surface area contributed by atoms with Gasteiger partial charge in [-0.1, -0.05) is 48.5 Å². The highest BCUT2D eigenvalue weighted by atomic mass is 16.5. The summed E-state index contributed by atoms with van der Waals surface area (Å²) in [6, 6.07) is 20.7. The molecule has 0 N–H and O–H groups in total. The van der Waals surface area contributed by atoms with Crippen molar-refractivity contribution >= 4 is 6.08 Å². The van der Waals surface area contributed by atoms with E-state index in [-0.39, 0.29) is 0 Å². The summed E-state index contributed by atoms with van der Waals surface area (Å²) in [5, 5.41) is 0. The van der Waals surface area contributed by atoms with E-state index in [1.54, 1.807) is 0 Å². The van der Waals surface area contributed by atoms with Crippen molar-refractivity contribution in [3.05, 3.63) is 72.3 Å². The Kier molecular flexibility index (Phi) is 3.78. The van der Waals surface area contributed by atoms with E-state index in [0.717, 1.165) is 5.75 Å². The van der Waals surface area contributed by atoms with E-state index in [9.17, 15) is 0 Å². The minimum Gasteiger partial charge on any atom is -0.490 e. The van der Waals surface area contributed by atoms with Crippen LogP contribution in [0, 0.1) is 6.07 Å². The van der Waals surface area contributed by atoms with Crippen molar-refractivity contribution in [2.24, 2.45) is 0 Å². The molecule has 0 aliphatic rings. The van der Waals surface area contributed by atoms with Crippen LogP contribution in [0.2, 0.25) is 0 Å². The molecular formula is C15H13O. The van der Waals surface area contributed by atoms with Gasteiger partial charge in [0.05, 0.1) is 0 Å². The lowest BCUT2D eigenvalue weighted by Gasteiger charge is -2.01. The van der Waals surface area contributed by atoms with Crippen LogP contribution in [0.3, 0.4) is 0 Å². The molecule has 0 aromatic heterocycles. The van der Waals surface area contributed by atoms with Gasteiger partial charge in [0.1, 0.15) is 12.4 Å². The van der Waals surface area contributed by atoms with Gasteiger partial charge in [-0.2, -0.15) is 0 Å². The Morgan fingerprint density at radius 1 is 1.06 bits per heavy atom. The Morgan fingerprint density at radius 2 is 1.94 bits per heavy atom. The third-order valence-electron chi connectivity index (χ3n) is 2.13. The van der Waals surface area contributed by atoms with E-state index < -0.39 is 0 Å². The Morgan fingerprint density at radius 3 is 2.69 bits per heavy atom. The van der Waals surface area contributed by atoms with E-state index in [1.807, 2.05) is 54.6 Å². The SMILES string of the molecule is [c]1cccc(OC/C=C/c2ccccc2)c1. The van der Waals surface area contributed by atoms with Crippen LogP contribution in [0.1, 0.15) is 5.56 Å². The highest BCUT2D eigenvalue weighted by molar-refractivity contribution is 5.48. The second-order valence-electron chi connectivity index (χ2n) is 3.36. The standard InChI is InChI=1S/C15H13O/c1-3-8-14(9-4-1)10-7-13-16-15-11-5-2-6-12-15/h1-5,7-12H,13H2/b10-7+. The number of hydrogen-bond acceptors (Lipinski definition) is 1. The predicted octanol–water partition coefficient (Wildman–Crippen LogP) is 3.58. The fourth-order valence-electron chi connectivity index (χ4n) is 1.36. The molecule has 2 aromatic rings. The van der Waals surface area contributed by atoms with Gasteiger partial charge < -0.3 is 4.74 Å². The molecule has 0 atom stereocenters. The molecule has 0 spiro atoms. The Balaban J connectivity index is 1.83. The zero-order valence-electron chi connectivity index (χ0n) is 8.97. The van der Waals surface area contributed by atoms with Crippen LogP contribution in [0.5, 0.6) is 5.75 Å². The lowest BCUT2D eigenvalue weighted by atomic mass is 10.2. The zero-order valence-corrected chi connectivity index (χ0v) is 8.97. The fraction of sp³-hybridized carbons (Fsp3) is 0.0667. The third-order valence-corrected chi connectivity index (χ3v) is 2.13. The first kappa shape index (κ1) is 10.5. The average Bonchev–Trinajstić information content (AvgIpc) is 2.37. The summed E-state index contributed by atoms with van der Waals surface area (Å²) in [5.41, 5.74) is 1.19. The lowest BCUT2D eigenvalue weighted by molar-refractivity contribution is 0.363. The van der Waals surface area contributed by atoms with Gasteiger partial charge in [-0.3, -0.25) is 0 Å². The lowest BCUT2D eigenvalue weighted by Crippen LogP contribution is -1.92. The molecule has 79 valence electrons. The topological polar surface area (TPSA) is 9.23 Å². The molecule has 16 heavy (non-hydrogen) atoms. The Labute approximate surface area is 96.0 Å². The Bertz CT molecular complexity index is 432. The first-order valence-electron chi connectivity index (χ1n) is 5.26. The van der Waals surface area contributed by atoms with Crippen LogP contribution >= 0.6 is 0 Å². The van der Waals surface area contributed by atoms with Crippen LogP contribution < -0.4 is 4.74 Å². The van der Waals surface area contributed by atoms with E-state index in [2.05, 4.69) is 18.2 Å². The van der Waals surface area contributed by atoms with Gasteiger partial charge in [-0.25, -0.2) is 0 Å². The first-order valence-corrected chi connectivity index (χ1v) is 5.26. The van der Waals surface area contributed by atoms with Gasteiger partial charge in [0.25, 0.3) is 0 Å². The summed E-state index contributed by atoms with van der Waals surface area (Å²) in [4.78, 5) is 0. The second kappa shape index (κ2) is 5.76. The molecule has 1 nitrogen and oxygen atoms in total. The second-order valence-corrected chi connectivity index (χ2v) is 3.36. The maximum atomic E-state index is 5.51. The van der Waals surface area contributed by atoms with E-state index in [1.165, 1.54) is 5.56 Å². The summed E-state index contributed by atoms with van der Waals surface area (Å²) in [5.74, 6) is 0.847. The molecule has 0 heterocycles. The number of benzene rings is 2. The first-order chi connectivity index (χ1) is 7.95. The van der Waals surface area contributed by atoms with Crippen LogP contribution in [0.15, 0.2) is 60.7 Å². The summed E-state index contributed by atoms with van der Waals surface area (Å²) < 4.78 is 5.51. The minimum absolute atomic E-state index is 0.576. The predicted molar refractivity (Wildman–Crippen MR) is 66.2 cm³/mol. The molecule has 0 bridgehead atoms. The smallest absolute Gasteiger partial charge is 0.120 e. The van der Waals surface area contributed by atoms with Gasteiger partial charge in [0.2, 0.25) is 0 Å². The van der Waals surface area contributed by atoms with E-state index >= 15 is 0 Å². The van der Waals surface area contributed by atoms with Crippen molar-refractivity contribution in [1.82, 2.24) is 0 Å². The Hall–Kier alpha value is -2.02. The molecule has 0 aliphatic carbocycles. The van der Waals surface area contributed by atoms with E-state index in [4.69, 9.17) is 4.74 Å². The molecule has 0 saturated carbocycles. The van der Waals surface area contributed by atoms with Crippen molar-refractivity contribution < 1.29 is 4.74 Å². The molecule has 1 heteroatoms. The van der Waals surface area contributed by atoms with Crippen molar-refractivity contribution in [2.75, 3.05) is 6.61 Å². The summed E-state index contributed by atoms with van der Waals surface area (Å²) in [7, 11) is 0. The van der Waals surface area contributed by atoms with Gasteiger partial charge in [-0.05, 0) is 29.8 Å². The molecule has 0 saturated heterocycles. The maximum absolute atomic E-state index is 5.51. The number of ether oxygens (including phenoxy) is 1. The zero-order chi connectivity index (χ0) is 11.1.